The first-order chi connectivity index (χ1) is 16.1. The fraction of sp³-hybridized carbons (Fsp3) is 0. The number of carbonyl (C=O) groups is 2. The van der Waals surface area contributed by atoms with Gasteiger partial charge in [-0.3, -0.25) is 9.59 Å². The number of anilines is 2. The number of fused-ring (bicyclic) bond motifs is 1. The molecule has 2 heterocycles. The van der Waals surface area contributed by atoms with E-state index in [9.17, 15) is 14.0 Å². The van der Waals surface area contributed by atoms with Crippen molar-refractivity contribution < 1.29 is 22.8 Å². The van der Waals surface area contributed by atoms with E-state index < -0.39 is 17.6 Å². The van der Waals surface area contributed by atoms with Crippen LogP contribution in [0.15, 0.2) is 94.1 Å². The van der Waals surface area contributed by atoms with Crippen LogP contribution in [0, 0.1) is 5.82 Å². The van der Waals surface area contributed by atoms with Crippen LogP contribution < -0.4 is 10.6 Å². The summed E-state index contributed by atoms with van der Waals surface area (Å²) < 4.78 is 25.4. The van der Waals surface area contributed by atoms with E-state index in [1.807, 2.05) is 12.1 Å². The molecule has 2 N–H and O–H groups in total. The van der Waals surface area contributed by atoms with E-state index >= 15 is 0 Å². The number of amides is 2. The number of aromatic nitrogens is 1. The van der Waals surface area contributed by atoms with Gasteiger partial charge in [0.25, 0.3) is 11.8 Å². The number of nitrogens with zero attached hydrogens (tertiary/aromatic N) is 1. The fourth-order valence-electron chi connectivity index (χ4n) is 3.32. The fourth-order valence-corrected chi connectivity index (χ4v) is 3.32. The minimum Gasteiger partial charge on any atom is -0.451 e. The first kappa shape index (κ1) is 20.2. The van der Waals surface area contributed by atoms with Crippen molar-refractivity contribution in [3.05, 3.63) is 102 Å². The van der Waals surface area contributed by atoms with Crippen molar-refractivity contribution in [2.24, 2.45) is 0 Å². The van der Waals surface area contributed by atoms with Gasteiger partial charge in [0.2, 0.25) is 5.89 Å². The largest absolute Gasteiger partial charge is 0.451 e. The number of benzene rings is 3. The molecule has 0 bridgehead atoms. The first-order valence-electron chi connectivity index (χ1n) is 9.97. The number of hydrogen-bond acceptors (Lipinski definition) is 5. The minimum atomic E-state index is -0.772. The molecule has 2 amide bonds. The Morgan fingerprint density at radius 2 is 1.61 bits per heavy atom. The second-order valence-electron chi connectivity index (χ2n) is 7.17. The Kier molecular flexibility index (Phi) is 5.16. The molecule has 5 aromatic rings. The zero-order valence-corrected chi connectivity index (χ0v) is 17.0. The van der Waals surface area contributed by atoms with E-state index in [4.69, 9.17) is 8.83 Å². The summed E-state index contributed by atoms with van der Waals surface area (Å²) in [6.07, 6.45) is 3.01. The molecule has 0 atom stereocenters. The summed E-state index contributed by atoms with van der Waals surface area (Å²) in [5.74, 6) is -1.35. The van der Waals surface area contributed by atoms with Gasteiger partial charge in [-0.05, 0) is 54.6 Å². The summed E-state index contributed by atoms with van der Waals surface area (Å²) >= 11 is 0. The third-order valence-corrected chi connectivity index (χ3v) is 4.94. The number of para-hydroxylation sites is 1. The highest BCUT2D eigenvalue weighted by Gasteiger charge is 2.16. The average Bonchev–Trinajstić information content (AvgIpc) is 3.50. The van der Waals surface area contributed by atoms with Crippen molar-refractivity contribution in [3.8, 4) is 11.5 Å². The van der Waals surface area contributed by atoms with Crippen LogP contribution >= 0.6 is 0 Å². The molecule has 0 fully saturated rings. The van der Waals surface area contributed by atoms with Crippen molar-refractivity contribution in [2.45, 2.75) is 0 Å². The van der Waals surface area contributed by atoms with Gasteiger partial charge >= 0.3 is 0 Å². The van der Waals surface area contributed by atoms with Gasteiger partial charge in [-0.25, -0.2) is 9.37 Å². The maximum Gasteiger partial charge on any atom is 0.291 e. The molecular weight excluding hydrogens is 425 g/mol. The molecule has 0 saturated heterocycles. The van der Waals surface area contributed by atoms with Crippen LogP contribution in [0.5, 0.6) is 0 Å². The molecule has 7 nitrogen and oxygen atoms in total. The van der Waals surface area contributed by atoms with Gasteiger partial charge in [0.1, 0.15) is 17.7 Å². The minimum absolute atomic E-state index is 0.103. The molecule has 2 aromatic heterocycles. The van der Waals surface area contributed by atoms with Gasteiger partial charge in [-0.2, -0.15) is 0 Å². The zero-order chi connectivity index (χ0) is 22.8. The van der Waals surface area contributed by atoms with Gasteiger partial charge < -0.3 is 19.5 Å². The molecule has 8 heteroatoms. The normalized spacial score (nSPS) is 10.8. The third-order valence-electron chi connectivity index (χ3n) is 4.94. The average molecular weight is 441 g/mol. The van der Waals surface area contributed by atoms with Gasteiger partial charge in [0.15, 0.2) is 5.76 Å². The van der Waals surface area contributed by atoms with Crippen molar-refractivity contribution >= 4 is 34.2 Å². The summed E-state index contributed by atoms with van der Waals surface area (Å²) in [5.41, 5.74) is 1.85. The Morgan fingerprint density at radius 1 is 0.848 bits per heavy atom. The molecule has 0 spiro atoms. The van der Waals surface area contributed by atoms with Crippen molar-refractivity contribution in [3.63, 3.8) is 0 Å². The predicted molar refractivity (Wildman–Crippen MR) is 120 cm³/mol. The lowest BCUT2D eigenvalue weighted by molar-refractivity contribution is 0.0997. The zero-order valence-electron chi connectivity index (χ0n) is 17.0. The summed E-state index contributed by atoms with van der Waals surface area (Å²) in [4.78, 5) is 29.0. The molecule has 0 unspecified atom stereocenters. The Labute approximate surface area is 186 Å². The molecule has 0 aliphatic carbocycles. The molecule has 0 aliphatic heterocycles. The lowest BCUT2D eigenvalue weighted by Crippen LogP contribution is -2.15. The van der Waals surface area contributed by atoms with E-state index in [0.717, 1.165) is 17.0 Å². The Morgan fingerprint density at radius 3 is 2.33 bits per heavy atom. The second kappa shape index (κ2) is 8.43. The maximum absolute atomic E-state index is 14.6. The summed E-state index contributed by atoms with van der Waals surface area (Å²) in [5, 5.41) is 6.00. The number of rotatable bonds is 5. The lowest BCUT2D eigenvalue weighted by atomic mass is 10.1. The topological polar surface area (TPSA) is 97.4 Å². The number of carbonyl (C=O) groups excluding carboxylic acids is 2. The SMILES string of the molecule is O=C(Nc1ccc(C(=O)Nc2ccc(-c3ncco3)cc2)c(F)c1)c1cc2ccccc2o1. The van der Waals surface area contributed by atoms with Crippen LogP contribution in [-0.4, -0.2) is 16.8 Å². The van der Waals surface area contributed by atoms with Crippen LogP contribution in [-0.2, 0) is 0 Å². The molecule has 0 radical (unpaired) electrons. The monoisotopic (exact) mass is 441 g/mol. The van der Waals surface area contributed by atoms with Gasteiger partial charge in [-0.15, -0.1) is 0 Å². The molecular formula is C25H16FN3O4. The summed E-state index contributed by atoms with van der Waals surface area (Å²) in [7, 11) is 0. The van der Waals surface area contributed by atoms with E-state index in [2.05, 4.69) is 15.6 Å². The highest BCUT2D eigenvalue weighted by molar-refractivity contribution is 6.06. The highest BCUT2D eigenvalue weighted by atomic mass is 19.1. The van der Waals surface area contributed by atoms with Crippen LogP contribution in [0.3, 0.4) is 0 Å². The predicted octanol–water partition coefficient (Wildman–Crippen LogP) is 5.73. The Bertz CT molecular complexity index is 1420. The number of nitrogens with one attached hydrogen (secondary N) is 2. The van der Waals surface area contributed by atoms with Crippen molar-refractivity contribution in [2.75, 3.05) is 10.6 Å². The van der Waals surface area contributed by atoms with Crippen LogP contribution in [0.1, 0.15) is 20.9 Å². The molecule has 33 heavy (non-hydrogen) atoms. The third kappa shape index (κ3) is 4.22. The van der Waals surface area contributed by atoms with E-state index in [0.29, 0.717) is 17.2 Å². The Hall–Kier alpha value is -4.72. The van der Waals surface area contributed by atoms with Gasteiger partial charge in [0.05, 0.1) is 11.8 Å². The Balaban J connectivity index is 1.27. The molecule has 0 aliphatic rings. The molecule has 3 aromatic carbocycles. The maximum atomic E-state index is 14.6. The molecule has 0 saturated carbocycles. The smallest absolute Gasteiger partial charge is 0.291 e. The van der Waals surface area contributed by atoms with E-state index in [1.54, 1.807) is 42.5 Å². The summed E-state index contributed by atoms with van der Waals surface area (Å²) in [6.45, 7) is 0. The number of furan rings is 1. The molecule has 162 valence electrons. The number of halogens is 1. The van der Waals surface area contributed by atoms with Gasteiger partial charge in [-0.1, -0.05) is 18.2 Å². The van der Waals surface area contributed by atoms with E-state index in [-0.39, 0.29) is 17.0 Å². The standard InChI is InChI=1S/C25H16FN3O4/c26-20-14-18(29-24(31)22-13-16-3-1-2-4-21(16)33-22)9-10-19(20)23(30)28-17-7-5-15(6-8-17)25-27-11-12-32-25/h1-14H,(H,28,30)(H,29,31). The number of oxazole rings is 1. The van der Waals surface area contributed by atoms with E-state index in [1.165, 1.54) is 24.6 Å². The highest BCUT2D eigenvalue weighted by Crippen LogP contribution is 2.23. The lowest BCUT2D eigenvalue weighted by Gasteiger charge is -2.09. The van der Waals surface area contributed by atoms with Crippen LogP contribution in [0.25, 0.3) is 22.4 Å². The van der Waals surface area contributed by atoms with Gasteiger partial charge in [0, 0.05) is 22.3 Å². The first-order valence-corrected chi connectivity index (χ1v) is 9.97. The molecule has 5 rings (SSSR count). The van der Waals surface area contributed by atoms with Crippen LogP contribution in [0.2, 0.25) is 0 Å². The summed E-state index contributed by atoms with van der Waals surface area (Å²) in [6, 6.07) is 19.4. The number of hydrogen-bond donors (Lipinski definition) is 2. The van der Waals surface area contributed by atoms with Crippen molar-refractivity contribution in [1.82, 2.24) is 4.98 Å². The van der Waals surface area contributed by atoms with Crippen molar-refractivity contribution in [1.29, 1.82) is 0 Å². The second-order valence-corrected chi connectivity index (χ2v) is 7.17. The quantitative estimate of drug-likeness (QED) is 0.363. The van der Waals surface area contributed by atoms with Crippen LogP contribution in [0.4, 0.5) is 15.8 Å².